The average Bonchev–Trinajstić information content (AvgIpc) is 3.15. The van der Waals surface area contributed by atoms with E-state index in [9.17, 15) is 14.4 Å². The summed E-state index contributed by atoms with van der Waals surface area (Å²) in [5.74, 6) is -0.955. The van der Waals surface area contributed by atoms with Crippen LogP contribution in [0, 0.1) is 0 Å². The topological polar surface area (TPSA) is 78.9 Å². The smallest absolute Gasteiger partial charge is 0.306 e. The monoisotopic (exact) mass is 741 g/mol. The number of allylic oxidation sites excluding steroid dienone is 10. The number of hydrogen-bond acceptors (Lipinski definition) is 6. The Balaban J connectivity index is 4.42. The van der Waals surface area contributed by atoms with E-state index in [-0.39, 0.29) is 31.1 Å². The molecule has 304 valence electrons. The number of hydrogen-bond donors (Lipinski definition) is 0. The highest BCUT2D eigenvalue weighted by molar-refractivity contribution is 5.71. The minimum Gasteiger partial charge on any atom is -0.462 e. The Hall–Kier alpha value is -2.89. The zero-order valence-corrected chi connectivity index (χ0v) is 34.5. The summed E-state index contributed by atoms with van der Waals surface area (Å²) < 4.78 is 16.6. The normalized spacial score (nSPS) is 12.6. The van der Waals surface area contributed by atoms with E-state index in [0.29, 0.717) is 19.3 Å². The van der Waals surface area contributed by atoms with Crippen LogP contribution in [0.3, 0.4) is 0 Å². The molecule has 0 bridgehead atoms. The van der Waals surface area contributed by atoms with Crippen LogP contribution in [0.15, 0.2) is 60.8 Å². The Labute approximate surface area is 326 Å². The zero-order chi connectivity index (χ0) is 38.7. The molecule has 0 saturated heterocycles. The summed E-state index contributed by atoms with van der Waals surface area (Å²) >= 11 is 0. The molecule has 0 aromatic carbocycles. The molecule has 0 fully saturated rings. The van der Waals surface area contributed by atoms with Gasteiger partial charge in [-0.25, -0.2) is 0 Å². The highest BCUT2D eigenvalue weighted by Gasteiger charge is 2.19. The maximum atomic E-state index is 12.7. The number of esters is 3. The predicted molar refractivity (Wildman–Crippen MR) is 224 cm³/mol. The Morgan fingerprint density at radius 1 is 0.415 bits per heavy atom. The first-order chi connectivity index (χ1) is 26.0. The molecular formula is C47H80O6. The summed E-state index contributed by atoms with van der Waals surface area (Å²) in [7, 11) is 0. The predicted octanol–water partition coefficient (Wildman–Crippen LogP) is 13.7. The molecule has 0 amide bonds. The number of carbonyl (C=O) groups is 3. The third-order valence-corrected chi connectivity index (χ3v) is 9.08. The van der Waals surface area contributed by atoms with E-state index in [2.05, 4.69) is 81.5 Å². The van der Waals surface area contributed by atoms with Crippen molar-refractivity contribution < 1.29 is 28.6 Å². The molecule has 6 nitrogen and oxygen atoms in total. The van der Waals surface area contributed by atoms with Crippen molar-refractivity contribution in [3.05, 3.63) is 60.8 Å². The summed E-state index contributed by atoms with van der Waals surface area (Å²) in [5.41, 5.74) is 0. The van der Waals surface area contributed by atoms with Crippen molar-refractivity contribution in [3.63, 3.8) is 0 Å². The Bertz CT molecular complexity index is 991. The Morgan fingerprint density at radius 3 is 1.38 bits per heavy atom. The minimum absolute atomic E-state index is 0.0945. The molecule has 0 aromatic rings. The molecule has 6 heteroatoms. The van der Waals surface area contributed by atoms with Crippen LogP contribution < -0.4 is 0 Å². The van der Waals surface area contributed by atoms with Gasteiger partial charge in [0.1, 0.15) is 13.2 Å². The van der Waals surface area contributed by atoms with Crippen LogP contribution in [0.1, 0.15) is 201 Å². The molecule has 0 aromatic heterocycles. The molecule has 53 heavy (non-hydrogen) atoms. The van der Waals surface area contributed by atoms with E-state index < -0.39 is 6.10 Å². The molecular weight excluding hydrogens is 661 g/mol. The number of carbonyl (C=O) groups excluding carboxylic acids is 3. The van der Waals surface area contributed by atoms with E-state index in [1.165, 1.54) is 64.2 Å². The second-order valence-corrected chi connectivity index (χ2v) is 14.3. The number of unbranched alkanes of at least 4 members (excludes halogenated alkanes) is 19. The number of ether oxygens (including phenoxy) is 3. The van der Waals surface area contributed by atoms with Gasteiger partial charge in [-0.3, -0.25) is 14.4 Å². The average molecular weight is 741 g/mol. The summed E-state index contributed by atoms with van der Waals surface area (Å²) in [6, 6.07) is 0. The van der Waals surface area contributed by atoms with Crippen molar-refractivity contribution in [1.82, 2.24) is 0 Å². The van der Waals surface area contributed by atoms with Crippen LogP contribution in [-0.2, 0) is 28.6 Å². The van der Waals surface area contributed by atoms with Crippen molar-refractivity contribution >= 4 is 17.9 Å². The van der Waals surface area contributed by atoms with Crippen LogP contribution in [0.2, 0.25) is 0 Å². The molecule has 0 spiro atoms. The third-order valence-electron chi connectivity index (χ3n) is 9.08. The van der Waals surface area contributed by atoms with Crippen molar-refractivity contribution in [3.8, 4) is 0 Å². The Morgan fingerprint density at radius 2 is 0.830 bits per heavy atom. The van der Waals surface area contributed by atoms with Crippen molar-refractivity contribution in [1.29, 1.82) is 0 Å². The minimum atomic E-state index is -0.790. The maximum Gasteiger partial charge on any atom is 0.306 e. The van der Waals surface area contributed by atoms with Gasteiger partial charge in [0.25, 0.3) is 0 Å². The van der Waals surface area contributed by atoms with Gasteiger partial charge in [0, 0.05) is 19.3 Å². The molecule has 0 aliphatic carbocycles. The highest BCUT2D eigenvalue weighted by atomic mass is 16.6. The van der Waals surface area contributed by atoms with Gasteiger partial charge in [0.05, 0.1) is 0 Å². The van der Waals surface area contributed by atoms with Crippen molar-refractivity contribution in [2.75, 3.05) is 13.2 Å². The van der Waals surface area contributed by atoms with Gasteiger partial charge in [-0.15, -0.1) is 0 Å². The van der Waals surface area contributed by atoms with Gasteiger partial charge in [-0.2, -0.15) is 0 Å². The molecule has 0 rings (SSSR count). The second-order valence-electron chi connectivity index (χ2n) is 14.3. The summed E-state index contributed by atoms with van der Waals surface area (Å²) in [4.78, 5) is 37.6. The fraction of sp³-hybridized carbons (Fsp3) is 0.723. The lowest BCUT2D eigenvalue weighted by molar-refractivity contribution is -0.167. The fourth-order valence-electron chi connectivity index (χ4n) is 5.83. The van der Waals surface area contributed by atoms with Crippen LogP contribution in [0.25, 0.3) is 0 Å². The summed E-state index contributed by atoms with van der Waals surface area (Å²) in [5, 5.41) is 0. The lowest BCUT2D eigenvalue weighted by atomic mass is 10.0. The molecule has 0 radical (unpaired) electrons. The lowest BCUT2D eigenvalue weighted by Crippen LogP contribution is -2.30. The third kappa shape index (κ3) is 40.1. The molecule has 1 atom stereocenters. The largest absolute Gasteiger partial charge is 0.462 e. The first-order valence-corrected chi connectivity index (χ1v) is 21.8. The van der Waals surface area contributed by atoms with Crippen molar-refractivity contribution in [2.24, 2.45) is 0 Å². The van der Waals surface area contributed by atoms with Gasteiger partial charge in [-0.1, -0.05) is 178 Å². The second kappa shape index (κ2) is 41.9. The highest BCUT2D eigenvalue weighted by Crippen LogP contribution is 2.14. The summed E-state index contributed by atoms with van der Waals surface area (Å²) in [6.07, 6.45) is 49.3. The molecule has 0 heterocycles. The van der Waals surface area contributed by atoms with Gasteiger partial charge in [-0.05, 0) is 64.2 Å². The standard InChI is InChI=1S/C47H80O6/c1-4-7-10-13-16-19-21-23-25-28-31-34-37-40-46(49)52-43-44(42-51-45(48)39-36-33-30-27-18-15-12-9-6-3)53-47(50)41-38-35-32-29-26-24-22-20-17-14-11-8-5-2/h7,9-10,12-13,16,18-19,21,27,44H,4-6,8,11,14-15,17,20,22-26,28-43H2,1-3H3/b10-7-,12-9-,16-13-,21-19-,27-18-. The Kier molecular flexibility index (Phi) is 39.6. The van der Waals surface area contributed by atoms with Gasteiger partial charge in [0.15, 0.2) is 6.10 Å². The lowest BCUT2D eigenvalue weighted by Gasteiger charge is -2.18. The maximum absolute atomic E-state index is 12.7. The van der Waals surface area contributed by atoms with Crippen LogP contribution in [0.5, 0.6) is 0 Å². The first-order valence-electron chi connectivity index (χ1n) is 21.8. The van der Waals surface area contributed by atoms with E-state index >= 15 is 0 Å². The van der Waals surface area contributed by atoms with E-state index in [0.717, 1.165) is 96.3 Å². The van der Waals surface area contributed by atoms with Crippen molar-refractivity contribution in [2.45, 2.75) is 207 Å². The van der Waals surface area contributed by atoms with Gasteiger partial charge >= 0.3 is 17.9 Å². The zero-order valence-electron chi connectivity index (χ0n) is 34.5. The molecule has 0 aliphatic heterocycles. The molecule has 0 aliphatic rings. The number of rotatable bonds is 38. The van der Waals surface area contributed by atoms with E-state index in [1.54, 1.807) is 0 Å². The van der Waals surface area contributed by atoms with Crippen LogP contribution in [-0.4, -0.2) is 37.2 Å². The molecule has 0 saturated carbocycles. The fourth-order valence-corrected chi connectivity index (χ4v) is 5.83. The van der Waals surface area contributed by atoms with E-state index in [4.69, 9.17) is 14.2 Å². The van der Waals surface area contributed by atoms with E-state index in [1.807, 2.05) is 0 Å². The quantitative estimate of drug-likeness (QED) is 0.0206. The van der Waals surface area contributed by atoms with Gasteiger partial charge < -0.3 is 14.2 Å². The van der Waals surface area contributed by atoms with Crippen LogP contribution >= 0.6 is 0 Å². The SMILES string of the molecule is CC\C=C/C=C\C=C/CCCCCCCC(=O)OCC(COC(=O)CCCC/C=C\C/C=C\CC)OC(=O)CCCCCCCCCCCCCCC. The van der Waals surface area contributed by atoms with Gasteiger partial charge in [0.2, 0.25) is 0 Å². The van der Waals surface area contributed by atoms with Crippen LogP contribution in [0.4, 0.5) is 0 Å². The molecule has 1 unspecified atom stereocenters. The summed E-state index contributed by atoms with van der Waals surface area (Å²) in [6.45, 7) is 6.31. The first kappa shape index (κ1) is 50.1. The molecule has 0 N–H and O–H groups in total.